The van der Waals surface area contributed by atoms with Crippen LogP contribution in [0, 0.1) is 0 Å². The highest BCUT2D eigenvalue weighted by atomic mass is 19.4. The zero-order valence-electron chi connectivity index (χ0n) is 15.1. The average Bonchev–Trinajstić information content (AvgIpc) is 2.60. The van der Waals surface area contributed by atoms with Gasteiger partial charge in [-0.15, -0.1) is 13.2 Å². The number of amides is 1. The fraction of sp³-hybridized carbons (Fsp3) is 0.263. The molecule has 0 aliphatic carbocycles. The number of carbonyl (C=O) groups excluding carboxylic acids is 1. The normalized spacial score (nSPS) is 22.8. The summed E-state index contributed by atoms with van der Waals surface area (Å²) in [6, 6.07) is 11.3. The van der Waals surface area contributed by atoms with Crippen LogP contribution in [0.5, 0.6) is 11.5 Å². The van der Waals surface area contributed by atoms with Gasteiger partial charge in [-0.1, -0.05) is 24.3 Å². The van der Waals surface area contributed by atoms with Gasteiger partial charge in [-0.25, -0.2) is 4.99 Å². The average molecular weight is 393 g/mol. The lowest BCUT2D eigenvalue weighted by atomic mass is 9.74. The summed E-state index contributed by atoms with van der Waals surface area (Å²) < 4.78 is 41.8. The smallest absolute Gasteiger partial charge is 0.508 e. The van der Waals surface area contributed by atoms with Crippen molar-refractivity contribution in [3.05, 3.63) is 59.7 Å². The molecule has 0 bridgehead atoms. The van der Waals surface area contributed by atoms with Crippen molar-refractivity contribution in [1.82, 2.24) is 4.90 Å². The van der Waals surface area contributed by atoms with Crippen LogP contribution in [0.2, 0.25) is 0 Å². The molecule has 0 saturated heterocycles. The lowest BCUT2D eigenvalue weighted by molar-refractivity contribution is -0.274. The second-order valence-corrected chi connectivity index (χ2v) is 6.61. The van der Waals surface area contributed by atoms with Gasteiger partial charge < -0.3 is 15.6 Å². The predicted molar refractivity (Wildman–Crippen MR) is 95.7 cm³/mol. The number of halogens is 3. The summed E-state index contributed by atoms with van der Waals surface area (Å²) in [7, 11) is 1.47. The van der Waals surface area contributed by atoms with E-state index in [0.717, 1.165) is 0 Å². The monoisotopic (exact) mass is 393 g/mol. The van der Waals surface area contributed by atoms with Gasteiger partial charge in [0.1, 0.15) is 17.0 Å². The second kappa shape index (κ2) is 6.74. The summed E-state index contributed by atoms with van der Waals surface area (Å²) in [5.74, 6) is -1.69. The molecule has 0 fully saturated rings. The molecule has 1 aliphatic rings. The van der Waals surface area contributed by atoms with E-state index in [1.807, 2.05) is 0 Å². The molecule has 2 atom stereocenters. The molecule has 1 amide bonds. The molecule has 0 saturated carbocycles. The number of hydrogen-bond donors (Lipinski definition) is 2. The van der Waals surface area contributed by atoms with Crippen molar-refractivity contribution >= 4 is 11.9 Å². The van der Waals surface area contributed by atoms with E-state index in [9.17, 15) is 23.1 Å². The van der Waals surface area contributed by atoms with Gasteiger partial charge in [-0.2, -0.15) is 0 Å². The first-order valence-corrected chi connectivity index (χ1v) is 8.29. The highest BCUT2D eigenvalue weighted by molar-refractivity contribution is 6.02. The third kappa shape index (κ3) is 3.60. The molecule has 1 heterocycles. The summed E-state index contributed by atoms with van der Waals surface area (Å²) in [6.45, 7) is 1.62. The minimum Gasteiger partial charge on any atom is -0.508 e. The highest BCUT2D eigenvalue weighted by Gasteiger charge is 2.47. The topological polar surface area (TPSA) is 88.2 Å². The van der Waals surface area contributed by atoms with Crippen LogP contribution in [0.1, 0.15) is 24.0 Å². The Morgan fingerprint density at radius 3 is 2.46 bits per heavy atom. The first kappa shape index (κ1) is 19.5. The van der Waals surface area contributed by atoms with Crippen LogP contribution < -0.4 is 10.5 Å². The number of alkyl halides is 3. The molecule has 28 heavy (non-hydrogen) atoms. The first-order valence-electron chi connectivity index (χ1n) is 8.29. The van der Waals surface area contributed by atoms with Crippen LogP contribution in [0.4, 0.5) is 13.2 Å². The van der Waals surface area contributed by atoms with Crippen LogP contribution >= 0.6 is 0 Å². The molecule has 0 spiro atoms. The van der Waals surface area contributed by atoms with Crippen molar-refractivity contribution in [3.8, 4) is 11.5 Å². The summed E-state index contributed by atoms with van der Waals surface area (Å²) in [4.78, 5) is 18.6. The molecule has 3 rings (SSSR count). The Labute approximate surface area is 159 Å². The number of phenolic OH excluding ortho intramolecular Hbond substituents is 1. The number of aliphatic imine (C=N–C) groups is 1. The molecule has 0 unspecified atom stereocenters. The molecular formula is C19H18F3N3O3. The SMILES string of the molecule is CN1C(=O)[C@H](c2ccc(O)cc2)[C@@](C)(c2cccc(OC(F)(F)F)c2)N=C1N. The number of nitrogens with zero attached hydrogens (tertiary/aromatic N) is 2. The van der Waals surface area contributed by atoms with Gasteiger partial charge in [0, 0.05) is 7.05 Å². The third-order valence-corrected chi connectivity index (χ3v) is 4.71. The van der Waals surface area contributed by atoms with Gasteiger partial charge in [0.25, 0.3) is 0 Å². The van der Waals surface area contributed by atoms with Crippen molar-refractivity contribution in [2.45, 2.75) is 24.7 Å². The molecule has 148 valence electrons. The predicted octanol–water partition coefficient (Wildman–Crippen LogP) is 3.08. The molecule has 3 N–H and O–H groups in total. The molecule has 0 aromatic heterocycles. The summed E-state index contributed by atoms with van der Waals surface area (Å²) in [6.07, 6.45) is -4.85. The number of carbonyl (C=O) groups is 1. The Morgan fingerprint density at radius 1 is 1.21 bits per heavy atom. The van der Waals surface area contributed by atoms with E-state index >= 15 is 0 Å². The number of benzene rings is 2. The molecule has 0 radical (unpaired) electrons. The highest BCUT2D eigenvalue weighted by Crippen LogP contribution is 2.45. The minimum atomic E-state index is -4.85. The largest absolute Gasteiger partial charge is 0.573 e. The van der Waals surface area contributed by atoms with Gasteiger partial charge in [0.05, 0.1) is 5.92 Å². The van der Waals surface area contributed by atoms with Crippen LogP contribution in [0.15, 0.2) is 53.5 Å². The van der Waals surface area contributed by atoms with E-state index in [4.69, 9.17) is 5.73 Å². The summed E-state index contributed by atoms with van der Waals surface area (Å²) in [5, 5.41) is 9.54. The van der Waals surface area contributed by atoms with Crippen LogP contribution in [-0.4, -0.2) is 35.3 Å². The first-order chi connectivity index (χ1) is 13.0. The van der Waals surface area contributed by atoms with E-state index in [0.29, 0.717) is 11.1 Å². The van der Waals surface area contributed by atoms with Crippen molar-refractivity contribution in [2.24, 2.45) is 10.7 Å². The third-order valence-electron chi connectivity index (χ3n) is 4.71. The molecule has 6 nitrogen and oxygen atoms in total. The van der Waals surface area contributed by atoms with E-state index < -0.39 is 23.6 Å². The zero-order valence-corrected chi connectivity index (χ0v) is 15.1. The van der Waals surface area contributed by atoms with Gasteiger partial charge >= 0.3 is 6.36 Å². The number of hydrogen-bond acceptors (Lipinski definition) is 5. The summed E-state index contributed by atoms with van der Waals surface area (Å²) >= 11 is 0. The lowest BCUT2D eigenvalue weighted by Gasteiger charge is -2.41. The van der Waals surface area contributed by atoms with Gasteiger partial charge in [0.2, 0.25) is 5.91 Å². The van der Waals surface area contributed by atoms with Crippen LogP contribution in [-0.2, 0) is 10.3 Å². The summed E-state index contributed by atoms with van der Waals surface area (Å²) in [5.41, 5.74) is 5.48. The maximum atomic E-state index is 13.0. The number of aromatic hydroxyl groups is 1. The fourth-order valence-electron chi connectivity index (χ4n) is 3.30. The Balaban J connectivity index is 2.15. The van der Waals surface area contributed by atoms with Crippen LogP contribution in [0.25, 0.3) is 0 Å². The maximum Gasteiger partial charge on any atom is 0.573 e. The molecule has 2 aromatic carbocycles. The van der Waals surface area contributed by atoms with Crippen molar-refractivity contribution in [1.29, 1.82) is 0 Å². The number of likely N-dealkylation sites (N-methyl/N-ethyl adjacent to an activating group) is 1. The van der Waals surface area contributed by atoms with Crippen molar-refractivity contribution in [3.63, 3.8) is 0 Å². The van der Waals surface area contributed by atoms with Crippen molar-refractivity contribution < 1.29 is 27.8 Å². The van der Waals surface area contributed by atoms with Gasteiger partial charge in [-0.05, 0) is 42.3 Å². The molecule has 9 heteroatoms. The fourth-order valence-corrected chi connectivity index (χ4v) is 3.30. The molecule has 1 aliphatic heterocycles. The van der Waals surface area contributed by atoms with Crippen molar-refractivity contribution in [2.75, 3.05) is 7.05 Å². The standard InChI is InChI=1S/C19H18F3N3O3/c1-18(12-4-3-5-14(10-12)28-19(20,21)22)15(11-6-8-13(26)9-7-11)16(27)25(2)17(23)24-18/h3-10,15,26H,1-2H3,(H2,23,24)/t15-,18+/m0/s1. The Kier molecular flexibility index (Phi) is 4.70. The molecular weight excluding hydrogens is 375 g/mol. The Bertz CT molecular complexity index is 928. The quantitative estimate of drug-likeness (QED) is 0.839. The maximum absolute atomic E-state index is 13.0. The number of guanidine groups is 1. The van der Waals surface area contributed by atoms with Gasteiger partial charge in [0.15, 0.2) is 5.96 Å². The van der Waals surface area contributed by atoms with E-state index in [1.54, 1.807) is 25.1 Å². The van der Waals surface area contributed by atoms with E-state index in [2.05, 4.69) is 9.73 Å². The Hall–Kier alpha value is -3.23. The molecule has 2 aromatic rings. The number of nitrogens with two attached hydrogens (primary N) is 1. The van der Waals surface area contributed by atoms with E-state index in [-0.39, 0.29) is 17.6 Å². The number of rotatable bonds is 3. The van der Waals surface area contributed by atoms with Crippen LogP contribution in [0.3, 0.4) is 0 Å². The zero-order chi connectivity index (χ0) is 20.7. The Morgan fingerprint density at radius 2 is 1.86 bits per heavy atom. The second-order valence-electron chi connectivity index (χ2n) is 6.61. The number of ether oxygens (including phenoxy) is 1. The van der Waals surface area contributed by atoms with Gasteiger partial charge in [-0.3, -0.25) is 9.69 Å². The lowest BCUT2D eigenvalue weighted by Crippen LogP contribution is -2.52. The number of phenols is 1. The van der Waals surface area contributed by atoms with E-state index in [1.165, 1.54) is 42.3 Å². The minimum absolute atomic E-state index is 0.0191.